The van der Waals surface area contributed by atoms with Crippen molar-refractivity contribution in [2.24, 2.45) is 5.73 Å². The highest BCUT2D eigenvalue weighted by atomic mass is 19.4. The molecule has 0 spiro atoms. The number of aliphatic hydroxyl groups excluding tert-OH is 1. The molecule has 6 heteroatoms. The van der Waals surface area contributed by atoms with Crippen molar-refractivity contribution in [2.75, 3.05) is 6.61 Å². The van der Waals surface area contributed by atoms with E-state index in [0.29, 0.717) is 0 Å². The Labute approximate surface area is 72.0 Å². The fourth-order valence-electron chi connectivity index (χ4n) is 0.794. The molecule has 1 rings (SSSR count). The lowest BCUT2D eigenvalue weighted by Crippen LogP contribution is -2.13. The molecule has 0 aliphatic rings. The van der Waals surface area contributed by atoms with Gasteiger partial charge in [0.15, 0.2) is 0 Å². The predicted molar refractivity (Wildman–Crippen MR) is 37.7 cm³/mol. The minimum atomic E-state index is -4.51. The smallest absolute Gasteiger partial charge is 0.449 e. The third kappa shape index (κ3) is 2.22. The van der Waals surface area contributed by atoms with E-state index in [0.717, 1.165) is 12.1 Å². The Morgan fingerprint density at radius 3 is 2.46 bits per heavy atom. The summed E-state index contributed by atoms with van der Waals surface area (Å²) in [6.07, 6.45) is -4.51. The number of rotatable bonds is 2. The van der Waals surface area contributed by atoms with Crippen LogP contribution < -0.4 is 5.73 Å². The average Bonchev–Trinajstić information content (AvgIpc) is 2.50. The topological polar surface area (TPSA) is 59.4 Å². The summed E-state index contributed by atoms with van der Waals surface area (Å²) < 4.78 is 40.3. The molecule has 1 aromatic heterocycles. The molecule has 0 saturated carbocycles. The summed E-state index contributed by atoms with van der Waals surface area (Å²) in [4.78, 5) is 0. The summed E-state index contributed by atoms with van der Waals surface area (Å²) in [6.45, 7) is -0.454. The Morgan fingerprint density at radius 2 is 2.08 bits per heavy atom. The molecule has 0 radical (unpaired) electrons. The molecule has 0 saturated heterocycles. The first kappa shape index (κ1) is 10.1. The van der Waals surface area contributed by atoms with E-state index in [2.05, 4.69) is 4.42 Å². The highest BCUT2D eigenvalue weighted by Crippen LogP contribution is 2.31. The Kier molecular flexibility index (Phi) is 2.63. The molecular formula is C7H8F3NO2. The molecule has 1 aromatic rings. The lowest BCUT2D eigenvalue weighted by atomic mass is 10.2. The normalized spacial score (nSPS) is 14.5. The zero-order chi connectivity index (χ0) is 10.1. The third-order valence-corrected chi connectivity index (χ3v) is 1.47. The van der Waals surface area contributed by atoms with Crippen molar-refractivity contribution in [2.45, 2.75) is 12.2 Å². The quantitative estimate of drug-likeness (QED) is 0.747. The van der Waals surface area contributed by atoms with Gasteiger partial charge in [-0.3, -0.25) is 0 Å². The molecule has 0 fully saturated rings. The highest BCUT2D eigenvalue weighted by molar-refractivity contribution is 5.12. The molecule has 3 nitrogen and oxygen atoms in total. The molecule has 74 valence electrons. The Bertz CT molecular complexity index is 282. The number of nitrogens with two attached hydrogens (primary N) is 1. The van der Waals surface area contributed by atoms with E-state index in [-0.39, 0.29) is 5.76 Å². The highest BCUT2D eigenvalue weighted by Gasteiger charge is 2.35. The SMILES string of the molecule is N[C@H](CO)c1ccc(C(F)(F)F)o1. The summed E-state index contributed by atoms with van der Waals surface area (Å²) in [5.41, 5.74) is 5.24. The van der Waals surface area contributed by atoms with Gasteiger partial charge in [-0.1, -0.05) is 0 Å². The van der Waals surface area contributed by atoms with Crippen LogP contribution in [-0.4, -0.2) is 11.7 Å². The van der Waals surface area contributed by atoms with E-state index in [1.54, 1.807) is 0 Å². The van der Waals surface area contributed by atoms with Gasteiger partial charge in [0.05, 0.1) is 12.6 Å². The molecular weight excluding hydrogens is 187 g/mol. The first-order chi connectivity index (χ1) is 5.95. The van der Waals surface area contributed by atoms with Gasteiger partial charge < -0.3 is 15.3 Å². The largest absolute Gasteiger partial charge is 0.455 e. The van der Waals surface area contributed by atoms with Crippen LogP contribution in [0.25, 0.3) is 0 Å². The van der Waals surface area contributed by atoms with Gasteiger partial charge in [0.2, 0.25) is 5.76 Å². The zero-order valence-electron chi connectivity index (χ0n) is 6.51. The minimum Gasteiger partial charge on any atom is -0.455 e. The molecule has 0 aliphatic carbocycles. The van der Waals surface area contributed by atoms with Crippen molar-refractivity contribution >= 4 is 0 Å². The Morgan fingerprint density at radius 1 is 1.46 bits per heavy atom. The molecule has 0 aromatic carbocycles. The fraction of sp³-hybridized carbons (Fsp3) is 0.429. The number of furan rings is 1. The summed E-state index contributed by atoms with van der Waals surface area (Å²) in [5.74, 6) is -1.18. The summed E-state index contributed by atoms with van der Waals surface area (Å²) in [7, 11) is 0. The Balaban J connectivity index is 2.87. The van der Waals surface area contributed by atoms with Gasteiger partial charge in [-0.2, -0.15) is 13.2 Å². The van der Waals surface area contributed by atoms with Crippen LogP contribution in [0, 0.1) is 0 Å². The average molecular weight is 195 g/mol. The minimum absolute atomic E-state index is 0.0742. The summed E-state index contributed by atoms with van der Waals surface area (Å²) in [5, 5.41) is 8.53. The molecule has 0 aliphatic heterocycles. The van der Waals surface area contributed by atoms with E-state index in [9.17, 15) is 13.2 Å². The van der Waals surface area contributed by atoms with Crippen LogP contribution in [0.15, 0.2) is 16.5 Å². The van der Waals surface area contributed by atoms with Gasteiger partial charge in [-0.25, -0.2) is 0 Å². The zero-order valence-corrected chi connectivity index (χ0v) is 6.51. The molecule has 0 amide bonds. The second-order valence-corrected chi connectivity index (χ2v) is 2.49. The van der Waals surface area contributed by atoms with Gasteiger partial charge >= 0.3 is 6.18 Å². The van der Waals surface area contributed by atoms with Crippen LogP contribution in [0.2, 0.25) is 0 Å². The van der Waals surface area contributed by atoms with Gasteiger partial charge in [0, 0.05) is 0 Å². The monoisotopic (exact) mass is 195 g/mol. The molecule has 1 heterocycles. The van der Waals surface area contributed by atoms with E-state index in [1.165, 1.54) is 0 Å². The second-order valence-electron chi connectivity index (χ2n) is 2.49. The molecule has 3 N–H and O–H groups in total. The molecule has 0 bridgehead atoms. The number of hydrogen-bond donors (Lipinski definition) is 2. The maximum atomic E-state index is 12.0. The first-order valence-corrected chi connectivity index (χ1v) is 3.48. The van der Waals surface area contributed by atoms with Crippen LogP contribution in [0.5, 0.6) is 0 Å². The van der Waals surface area contributed by atoms with Gasteiger partial charge in [-0.15, -0.1) is 0 Å². The number of hydrogen-bond acceptors (Lipinski definition) is 3. The standard InChI is InChI=1S/C7H8F3NO2/c8-7(9,10)6-2-1-5(13-6)4(11)3-12/h1-2,4,12H,3,11H2/t4-/m1/s1. The van der Waals surface area contributed by atoms with Crippen LogP contribution >= 0.6 is 0 Å². The number of alkyl halides is 3. The van der Waals surface area contributed by atoms with Crippen LogP contribution in [-0.2, 0) is 6.18 Å². The number of halogens is 3. The van der Waals surface area contributed by atoms with E-state index in [1.807, 2.05) is 0 Å². The van der Waals surface area contributed by atoms with E-state index >= 15 is 0 Å². The van der Waals surface area contributed by atoms with Gasteiger partial charge in [0.25, 0.3) is 0 Å². The molecule has 13 heavy (non-hydrogen) atoms. The summed E-state index contributed by atoms with van der Waals surface area (Å²) in [6, 6.07) is 0.977. The first-order valence-electron chi connectivity index (χ1n) is 3.48. The lowest BCUT2D eigenvalue weighted by Gasteiger charge is -2.04. The lowest BCUT2D eigenvalue weighted by molar-refractivity contribution is -0.153. The Hall–Kier alpha value is -1.01. The van der Waals surface area contributed by atoms with Crippen molar-refractivity contribution in [1.82, 2.24) is 0 Å². The van der Waals surface area contributed by atoms with E-state index < -0.39 is 24.6 Å². The van der Waals surface area contributed by atoms with E-state index in [4.69, 9.17) is 10.8 Å². The predicted octanol–water partition coefficient (Wildman–Crippen LogP) is 1.29. The maximum absolute atomic E-state index is 12.0. The van der Waals surface area contributed by atoms with Crippen molar-refractivity contribution < 1.29 is 22.7 Å². The van der Waals surface area contributed by atoms with Crippen molar-refractivity contribution in [1.29, 1.82) is 0 Å². The van der Waals surface area contributed by atoms with Crippen LogP contribution in [0.3, 0.4) is 0 Å². The summed E-state index contributed by atoms with van der Waals surface area (Å²) >= 11 is 0. The van der Waals surface area contributed by atoms with Crippen molar-refractivity contribution in [3.05, 3.63) is 23.7 Å². The van der Waals surface area contributed by atoms with Crippen LogP contribution in [0.4, 0.5) is 13.2 Å². The second kappa shape index (κ2) is 3.39. The maximum Gasteiger partial charge on any atom is 0.449 e. The van der Waals surface area contributed by atoms with Crippen LogP contribution in [0.1, 0.15) is 17.6 Å². The molecule has 0 unspecified atom stereocenters. The molecule has 1 atom stereocenters. The van der Waals surface area contributed by atoms with Crippen molar-refractivity contribution in [3.63, 3.8) is 0 Å². The fourth-order valence-corrected chi connectivity index (χ4v) is 0.794. The number of aliphatic hydroxyl groups is 1. The van der Waals surface area contributed by atoms with Crippen molar-refractivity contribution in [3.8, 4) is 0 Å². The van der Waals surface area contributed by atoms with Gasteiger partial charge in [-0.05, 0) is 12.1 Å². The third-order valence-electron chi connectivity index (χ3n) is 1.47. The van der Waals surface area contributed by atoms with Gasteiger partial charge in [0.1, 0.15) is 5.76 Å².